The molecule has 0 aromatic heterocycles. The van der Waals surface area contributed by atoms with Crippen LogP contribution in [-0.2, 0) is 19.5 Å². The van der Waals surface area contributed by atoms with Gasteiger partial charge in [-0.1, -0.05) is 12.1 Å². The molecular weight excluding hydrogens is 392 g/mol. The van der Waals surface area contributed by atoms with E-state index in [9.17, 15) is 0 Å². The molecule has 0 aliphatic carbocycles. The Balaban J connectivity index is 1.52. The van der Waals surface area contributed by atoms with Gasteiger partial charge in [-0.05, 0) is 54.3 Å². The van der Waals surface area contributed by atoms with E-state index in [1.54, 1.807) is 21.3 Å². The van der Waals surface area contributed by atoms with Gasteiger partial charge in [0.25, 0.3) is 0 Å². The van der Waals surface area contributed by atoms with Crippen LogP contribution in [0.1, 0.15) is 23.6 Å². The molecule has 0 atom stereocenters. The highest BCUT2D eigenvalue weighted by molar-refractivity contribution is 5.79. The third-order valence-electron chi connectivity index (χ3n) is 5.44. The summed E-state index contributed by atoms with van der Waals surface area (Å²) >= 11 is 0. The van der Waals surface area contributed by atoms with E-state index in [1.807, 2.05) is 24.3 Å². The fraction of sp³-hybridized carbons (Fsp3) is 0.458. The number of nitrogens with zero attached hydrogens (tertiary/aromatic N) is 2. The molecule has 1 heterocycles. The number of methoxy groups -OCH3 is 3. The van der Waals surface area contributed by atoms with Gasteiger partial charge in [-0.2, -0.15) is 0 Å². The smallest absolute Gasteiger partial charge is 0.191 e. The van der Waals surface area contributed by atoms with E-state index in [0.29, 0.717) is 6.54 Å². The molecule has 0 unspecified atom stereocenters. The van der Waals surface area contributed by atoms with E-state index >= 15 is 0 Å². The predicted octanol–water partition coefficient (Wildman–Crippen LogP) is 2.83. The lowest BCUT2D eigenvalue weighted by molar-refractivity contribution is 0.256. The molecular formula is C24H34N4O3. The molecule has 1 aliphatic rings. The van der Waals surface area contributed by atoms with Crippen LogP contribution in [0.25, 0.3) is 0 Å². The highest BCUT2D eigenvalue weighted by Crippen LogP contribution is 2.33. The molecule has 3 rings (SSSR count). The van der Waals surface area contributed by atoms with Gasteiger partial charge in [-0.3, -0.25) is 4.90 Å². The number of hydrogen-bond acceptors (Lipinski definition) is 5. The largest absolute Gasteiger partial charge is 0.497 e. The van der Waals surface area contributed by atoms with Gasteiger partial charge in [0.1, 0.15) is 5.75 Å². The van der Waals surface area contributed by atoms with E-state index in [4.69, 9.17) is 19.2 Å². The lowest BCUT2D eigenvalue weighted by Crippen LogP contribution is -2.42. The Bertz CT molecular complexity index is 868. The standard InChI is InChI=1S/C24H34N4O3/c1-5-25-24(27-16-18-6-8-21(29-2)9-7-18)26-11-13-28-12-10-19-14-22(30-3)23(31-4)15-20(19)17-28/h6-9,14-15H,5,10-13,16-17H2,1-4H3,(H2,25,26,27). The zero-order valence-corrected chi connectivity index (χ0v) is 19.0. The molecule has 0 radical (unpaired) electrons. The number of guanidine groups is 1. The summed E-state index contributed by atoms with van der Waals surface area (Å²) in [4.78, 5) is 7.16. The zero-order chi connectivity index (χ0) is 22.1. The van der Waals surface area contributed by atoms with Crippen molar-refractivity contribution in [3.63, 3.8) is 0 Å². The van der Waals surface area contributed by atoms with Gasteiger partial charge in [0.05, 0.1) is 27.9 Å². The first-order valence-electron chi connectivity index (χ1n) is 10.8. The summed E-state index contributed by atoms with van der Waals surface area (Å²) in [6, 6.07) is 12.2. The summed E-state index contributed by atoms with van der Waals surface area (Å²) in [5.74, 6) is 3.29. The van der Waals surface area contributed by atoms with E-state index in [1.165, 1.54) is 11.1 Å². The summed E-state index contributed by atoms with van der Waals surface area (Å²) in [6.45, 7) is 7.25. The minimum absolute atomic E-state index is 0.623. The van der Waals surface area contributed by atoms with Gasteiger partial charge in [0, 0.05) is 32.7 Å². The van der Waals surface area contributed by atoms with Crippen molar-refractivity contribution >= 4 is 5.96 Å². The van der Waals surface area contributed by atoms with Crippen LogP contribution >= 0.6 is 0 Å². The average Bonchev–Trinajstić information content (AvgIpc) is 2.81. The molecule has 2 aromatic carbocycles. The van der Waals surface area contributed by atoms with Crippen molar-refractivity contribution in [2.75, 3.05) is 47.5 Å². The van der Waals surface area contributed by atoms with Crippen molar-refractivity contribution in [3.8, 4) is 17.2 Å². The molecule has 168 valence electrons. The summed E-state index contributed by atoms with van der Waals surface area (Å²) in [6.07, 6.45) is 1.02. The van der Waals surface area contributed by atoms with Crippen LogP contribution in [0.15, 0.2) is 41.4 Å². The monoisotopic (exact) mass is 426 g/mol. The van der Waals surface area contributed by atoms with Gasteiger partial charge in [-0.25, -0.2) is 4.99 Å². The Labute approximate surface area is 185 Å². The molecule has 0 saturated heterocycles. The summed E-state index contributed by atoms with van der Waals surface area (Å²) < 4.78 is 16.1. The zero-order valence-electron chi connectivity index (χ0n) is 19.0. The average molecular weight is 427 g/mol. The van der Waals surface area contributed by atoms with Gasteiger partial charge in [0.15, 0.2) is 17.5 Å². The van der Waals surface area contributed by atoms with Crippen molar-refractivity contribution in [3.05, 3.63) is 53.1 Å². The summed E-state index contributed by atoms with van der Waals surface area (Å²) in [5.41, 5.74) is 3.80. The second-order valence-electron chi connectivity index (χ2n) is 7.47. The highest BCUT2D eigenvalue weighted by Gasteiger charge is 2.19. The molecule has 7 heteroatoms. The molecule has 0 saturated carbocycles. The van der Waals surface area contributed by atoms with Crippen LogP contribution < -0.4 is 24.8 Å². The number of fused-ring (bicyclic) bond motifs is 1. The first kappa shape index (κ1) is 22.7. The Kier molecular flexibility index (Phi) is 8.41. The maximum atomic E-state index is 5.47. The van der Waals surface area contributed by atoms with Gasteiger partial charge < -0.3 is 24.8 Å². The highest BCUT2D eigenvalue weighted by atomic mass is 16.5. The van der Waals surface area contributed by atoms with Crippen LogP contribution in [0.5, 0.6) is 17.2 Å². The number of benzene rings is 2. The van der Waals surface area contributed by atoms with Crippen LogP contribution in [0.4, 0.5) is 0 Å². The second kappa shape index (κ2) is 11.5. The minimum Gasteiger partial charge on any atom is -0.497 e. The summed E-state index contributed by atoms with van der Waals surface area (Å²) in [5, 5.41) is 6.78. The molecule has 0 spiro atoms. The SMILES string of the molecule is CCNC(=NCc1ccc(OC)cc1)NCCN1CCc2cc(OC)c(OC)cc2C1. The quantitative estimate of drug-likeness (QED) is 0.475. The number of nitrogens with one attached hydrogen (secondary N) is 2. The molecule has 2 N–H and O–H groups in total. The first-order chi connectivity index (χ1) is 15.2. The Morgan fingerprint density at radius 3 is 2.32 bits per heavy atom. The maximum absolute atomic E-state index is 5.47. The third-order valence-corrected chi connectivity index (χ3v) is 5.44. The van der Waals surface area contributed by atoms with E-state index in [2.05, 4.69) is 34.6 Å². The maximum Gasteiger partial charge on any atom is 0.191 e. The number of ether oxygens (including phenoxy) is 3. The number of rotatable bonds is 9. The lowest BCUT2D eigenvalue weighted by atomic mass is 9.99. The summed E-state index contributed by atoms with van der Waals surface area (Å²) in [7, 11) is 5.04. The molecule has 2 aromatic rings. The van der Waals surface area contributed by atoms with Crippen molar-refractivity contribution in [1.82, 2.24) is 15.5 Å². The molecule has 7 nitrogen and oxygen atoms in total. The van der Waals surface area contributed by atoms with Crippen LogP contribution in [-0.4, -0.2) is 58.4 Å². The number of aliphatic imine (C=N–C) groups is 1. The first-order valence-corrected chi connectivity index (χ1v) is 10.8. The van der Waals surface area contributed by atoms with Gasteiger partial charge in [-0.15, -0.1) is 0 Å². The fourth-order valence-electron chi connectivity index (χ4n) is 3.71. The predicted molar refractivity (Wildman–Crippen MR) is 124 cm³/mol. The number of hydrogen-bond donors (Lipinski definition) is 2. The molecule has 31 heavy (non-hydrogen) atoms. The van der Waals surface area contributed by atoms with Gasteiger partial charge >= 0.3 is 0 Å². The van der Waals surface area contributed by atoms with Gasteiger partial charge in [0.2, 0.25) is 0 Å². The molecule has 0 fully saturated rings. The topological polar surface area (TPSA) is 67.4 Å². The van der Waals surface area contributed by atoms with E-state index in [0.717, 1.165) is 67.9 Å². The molecule has 0 bridgehead atoms. The fourth-order valence-corrected chi connectivity index (χ4v) is 3.71. The lowest BCUT2D eigenvalue weighted by Gasteiger charge is -2.29. The second-order valence-corrected chi connectivity index (χ2v) is 7.47. The van der Waals surface area contributed by atoms with E-state index < -0.39 is 0 Å². The van der Waals surface area contributed by atoms with Crippen LogP contribution in [0.3, 0.4) is 0 Å². The van der Waals surface area contributed by atoms with Crippen molar-refractivity contribution < 1.29 is 14.2 Å². The normalized spacial score (nSPS) is 14.0. The van der Waals surface area contributed by atoms with Crippen molar-refractivity contribution in [1.29, 1.82) is 0 Å². The van der Waals surface area contributed by atoms with Crippen molar-refractivity contribution in [2.45, 2.75) is 26.4 Å². The molecule has 1 aliphatic heterocycles. The third kappa shape index (κ3) is 6.28. The minimum atomic E-state index is 0.623. The Morgan fingerprint density at radius 1 is 0.968 bits per heavy atom. The Morgan fingerprint density at radius 2 is 1.68 bits per heavy atom. The van der Waals surface area contributed by atoms with Crippen LogP contribution in [0.2, 0.25) is 0 Å². The molecule has 0 amide bonds. The van der Waals surface area contributed by atoms with Crippen molar-refractivity contribution in [2.24, 2.45) is 4.99 Å². The van der Waals surface area contributed by atoms with Crippen LogP contribution in [0, 0.1) is 0 Å². The van der Waals surface area contributed by atoms with E-state index in [-0.39, 0.29) is 0 Å². The Hall–Kier alpha value is -2.93.